The van der Waals surface area contributed by atoms with Crippen LogP contribution in [-0.2, 0) is 14.6 Å². The molecule has 0 radical (unpaired) electrons. The molecule has 2 atom stereocenters. The number of hydrogen-bond acceptors (Lipinski definition) is 6. The molecule has 0 bridgehead atoms. The SMILES string of the molecule is C#C.CC.CCC[C@@H](CC)N(C(=O)OC(C)C(F)(F)F)C(C)C.CS(=O)(=O)c1ccc(-n2ccc(O)cc2=O)cc1. The quantitative estimate of drug-likeness (QED) is 0.341. The van der Waals surface area contributed by atoms with Crippen molar-refractivity contribution >= 4 is 15.9 Å². The fourth-order valence-corrected chi connectivity index (χ4v) is 4.10. The largest absolute Gasteiger partial charge is 0.508 e. The maximum Gasteiger partial charge on any atom is 0.425 e. The summed E-state index contributed by atoms with van der Waals surface area (Å²) in [6, 6.07) is 8.14. The molecule has 0 aliphatic heterocycles. The molecular weight excluding hydrogens is 561 g/mol. The number of amides is 1. The monoisotopic (exact) mass is 604 g/mol. The molecule has 2 aromatic rings. The summed E-state index contributed by atoms with van der Waals surface area (Å²) in [4.78, 5) is 25.1. The van der Waals surface area contributed by atoms with Gasteiger partial charge in [0.1, 0.15) is 5.75 Å². The first-order valence-electron chi connectivity index (χ1n) is 13.1. The Kier molecular flexibility index (Phi) is 18.2. The minimum atomic E-state index is -4.52. The van der Waals surface area contributed by atoms with Crippen LogP contribution in [0.2, 0.25) is 0 Å². The van der Waals surface area contributed by atoms with Crippen LogP contribution >= 0.6 is 0 Å². The van der Waals surface area contributed by atoms with Gasteiger partial charge >= 0.3 is 12.3 Å². The Morgan fingerprint density at radius 3 is 1.95 bits per heavy atom. The number of halogens is 3. The van der Waals surface area contributed by atoms with Gasteiger partial charge in [0.05, 0.1) is 4.90 Å². The molecule has 0 fully saturated rings. The van der Waals surface area contributed by atoms with Crippen molar-refractivity contribution in [1.82, 2.24) is 9.47 Å². The van der Waals surface area contributed by atoms with Crippen molar-refractivity contribution in [3.63, 3.8) is 0 Å². The summed E-state index contributed by atoms with van der Waals surface area (Å²) < 4.78 is 65.6. The highest BCUT2D eigenvalue weighted by molar-refractivity contribution is 7.90. The van der Waals surface area contributed by atoms with Gasteiger partial charge in [-0.25, -0.2) is 13.2 Å². The average molecular weight is 605 g/mol. The number of aromatic hydroxyl groups is 1. The molecule has 0 saturated heterocycles. The van der Waals surface area contributed by atoms with Crippen LogP contribution in [0.5, 0.6) is 5.75 Å². The number of nitrogens with zero attached hydrogens (tertiary/aromatic N) is 2. The van der Waals surface area contributed by atoms with Crippen LogP contribution in [0.25, 0.3) is 5.69 Å². The number of sulfone groups is 1. The molecule has 41 heavy (non-hydrogen) atoms. The average Bonchev–Trinajstić information content (AvgIpc) is 2.90. The molecular formula is C29H43F3N2O6S. The lowest BCUT2D eigenvalue weighted by molar-refractivity contribution is -0.200. The van der Waals surface area contributed by atoms with Crippen LogP contribution in [0.15, 0.2) is 52.3 Å². The Balaban J connectivity index is 0. The Bertz CT molecular complexity index is 1220. The van der Waals surface area contributed by atoms with E-state index in [2.05, 4.69) is 17.6 Å². The highest BCUT2D eigenvalue weighted by atomic mass is 32.2. The van der Waals surface area contributed by atoms with Gasteiger partial charge in [-0.2, -0.15) is 13.2 Å². The maximum atomic E-state index is 12.4. The van der Waals surface area contributed by atoms with Crippen molar-refractivity contribution in [2.75, 3.05) is 6.26 Å². The molecule has 1 aromatic heterocycles. The molecule has 2 rings (SSSR count). The number of ether oxygens (including phenoxy) is 1. The predicted octanol–water partition coefficient (Wildman–Crippen LogP) is 6.59. The molecule has 8 nitrogen and oxygen atoms in total. The Labute approximate surface area is 242 Å². The lowest BCUT2D eigenvalue weighted by Gasteiger charge is -2.34. The molecule has 0 aliphatic carbocycles. The smallest absolute Gasteiger partial charge is 0.425 e. The molecule has 0 aliphatic rings. The second-order valence-corrected chi connectivity index (χ2v) is 10.8. The maximum absolute atomic E-state index is 12.4. The molecule has 1 amide bonds. The van der Waals surface area contributed by atoms with E-state index in [1.165, 1.54) is 46.0 Å². The Morgan fingerprint density at radius 2 is 1.59 bits per heavy atom. The van der Waals surface area contributed by atoms with Crippen LogP contribution in [0.4, 0.5) is 18.0 Å². The van der Waals surface area contributed by atoms with Gasteiger partial charge in [-0.1, -0.05) is 34.1 Å². The van der Waals surface area contributed by atoms with Crippen molar-refractivity contribution < 1.29 is 36.2 Å². The summed E-state index contributed by atoms with van der Waals surface area (Å²) in [5, 5.41) is 9.14. The van der Waals surface area contributed by atoms with Gasteiger partial charge in [0.15, 0.2) is 15.9 Å². The third kappa shape index (κ3) is 13.6. The van der Waals surface area contributed by atoms with E-state index in [1.54, 1.807) is 13.8 Å². The number of rotatable bonds is 8. The lowest BCUT2D eigenvalue weighted by Crippen LogP contribution is -2.47. The molecule has 12 heteroatoms. The number of alkyl halides is 3. The van der Waals surface area contributed by atoms with Gasteiger partial charge in [-0.3, -0.25) is 9.36 Å². The summed E-state index contributed by atoms with van der Waals surface area (Å²) in [5.41, 5.74) is 0.148. The fourth-order valence-electron chi connectivity index (χ4n) is 3.47. The zero-order valence-corrected chi connectivity index (χ0v) is 25.8. The zero-order chi connectivity index (χ0) is 32.6. The third-order valence-corrected chi connectivity index (χ3v) is 6.57. The van der Waals surface area contributed by atoms with Gasteiger partial charge in [0.25, 0.3) is 5.56 Å². The van der Waals surface area contributed by atoms with E-state index in [0.717, 1.165) is 32.1 Å². The van der Waals surface area contributed by atoms with Crippen molar-refractivity contribution in [2.45, 2.75) is 97.0 Å². The number of carbonyl (C=O) groups is 1. The first-order valence-corrected chi connectivity index (χ1v) is 15.0. The highest BCUT2D eigenvalue weighted by Crippen LogP contribution is 2.24. The molecule has 0 saturated carbocycles. The van der Waals surface area contributed by atoms with Crippen molar-refractivity contribution in [3.8, 4) is 24.3 Å². The van der Waals surface area contributed by atoms with E-state index >= 15 is 0 Å². The summed E-state index contributed by atoms with van der Waals surface area (Å²) in [6.07, 6.45) is 5.36. The van der Waals surface area contributed by atoms with Crippen LogP contribution in [0.1, 0.15) is 67.7 Å². The van der Waals surface area contributed by atoms with Crippen molar-refractivity contribution in [1.29, 1.82) is 0 Å². The molecule has 1 heterocycles. The summed E-state index contributed by atoms with van der Waals surface area (Å²) >= 11 is 0. The van der Waals surface area contributed by atoms with E-state index in [9.17, 15) is 31.2 Å². The van der Waals surface area contributed by atoms with E-state index < -0.39 is 28.2 Å². The summed E-state index contributed by atoms with van der Waals surface area (Å²) in [7, 11) is -3.25. The van der Waals surface area contributed by atoms with Crippen LogP contribution in [-0.4, -0.2) is 59.7 Å². The van der Waals surface area contributed by atoms with Crippen LogP contribution in [0.3, 0.4) is 0 Å². The first-order chi connectivity index (χ1) is 19.0. The summed E-state index contributed by atoms with van der Waals surface area (Å²) in [5.74, 6) is -0.107. The predicted molar refractivity (Wildman–Crippen MR) is 156 cm³/mol. The molecule has 0 spiro atoms. The summed E-state index contributed by atoms with van der Waals surface area (Å²) in [6.45, 7) is 12.3. The third-order valence-electron chi connectivity index (χ3n) is 5.44. The highest BCUT2D eigenvalue weighted by Gasteiger charge is 2.40. The number of terminal acetylenes is 1. The van der Waals surface area contributed by atoms with Gasteiger partial charge in [-0.05, 0) is 63.9 Å². The van der Waals surface area contributed by atoms with Crippen LogP contribution in [0, 0.1) is 12.8 Å². The van der Waals surface area contributed by atoms with Crippen LogP contribution < -0.4 is 5.56 Å². The van der Waals surface area contributed by atoms with Gasteiger partial charge in [0.2, 0.25) is 0 Å². The topological polar surface area (TPSA) is 106 Å². The molecule has 1 N–H and O–H groups in total. The lowest BCUT2D eigenvalue weighted by atomic mass is 10.1. The van der Waals surface area contributed by atoms with E-state index in [1.807, 2.05) is 27.7 Å². The number of hydrogen-bond donors (Lipinski definition) is 1. The standard InChI is InChI=1S/C13H24F3NO2.C12H11NO4S.C2H6.C2H2/c1-6-8-11(7-2)17(9(3)4)12(18)19-10(5)13(14,15)16;1-18(16,17)11-4-2-9(3-5-11)13-7-6-10(14)8-12(13)15;2*1-2/h9-11H,6-8H2,1-5H3;2-8,14H,1H3;1-2H3;1-2H/t10?,11-;;;/m1.../s1. The van der Waals surface area contributed by atoms with Gasteiger partial charge in [0, 0.05) is 36.3 Å². The number of benzene rings is 1. The fraction of sp³-hybridized carbons (Fsp3) is 0.517. The van der Waals surface area contributed by atoms with E-state index in [-0.39, 0.29) is 28.3 Å². The normalized spacial score (nSPS) is 12.2. The van der Waals surface area contributed by atoms with Crippen molar-refractivity contribution in [2.24, 2.45) is 0 Å². The number of carbonyl (C=O) groups excluding carboxylic acids is 1. The number of pyridine rings is 1. The van der Waals surface area contributed by atoms with Gasteiger partial charge < -0.3 is 14.7 Å². The minimum absolute atomic E-state index is 0.0852. The van der Waals surface area contributed by atoms with E-state index in [4.69, 9.17) is 5.11 Å². The van der Waals surface area contributed by atoms with Gasteiger partial charge in [-0.15, -0.1) is 12.8 Å². The second-order valence-electron chi connectivity index (χ2n) is 8.78. The zero-order valence-electron chi connectivity index (χ0n) is 25.0. The first kappa shape index (κ1) is 39.7. The number of aromatic nitrogens is 1. The molecule has 1 aromatic carbocycles. The minimum Gasteiger partial charge on any atom is -0.508 e. The van der Waals surface area contributed by atoms with Crippen molar-refractivity contribution in [3.05, 3.63) is 52.9 Å². The Hall–Kier alpha value is -3.46. The Morgan fingerprint density at radius 1 is 1.07 bits per heavy atom. The molecule has 232 valence electrons. The van der Waals surface area contributed by atoms with E-state index in [0.29, 0.717) is 12.1 Å². The second kappa shape index (κ2) is 18.8. The molecule has 1 unspecified atom stereocenters.